The summed E-state index contributed by atoms with van der Waals surface area (Å²) in [4.78, 5) is 25.1. The fourth-order valence-electron chi connectivity index (χ4n) is 4.72. The van der Waals surface area contributed by atoms with Crippen molar-refractivity contribution in [3.05, 3.63) is 46.0 Å². The van der Waals surface area contributed by atoms with Crippen LogP contribution in [0.3, 0.4) is 0 Å². The molecule has 6 nitrogen and oxygen atoms in total. The molecule has 2 N–H and O–H groups in total. The lowest BCUT2D eigenvalue weighted by molar-refractivity contribution is -0.136. The maximum Gasteiger partial charge on any atom is 0.307 e. The highest BCUT2D eigenvalue weighted by molar-refractivity contribution is 6.30. The normalized spacial score (nSPS) is 20.0. The number of benzene rings is 2. The van der Waals surface area contributed by atoms with Gasteiger partial charge >= 0.3 is 5.97 Å². The number of hydrogen-bond donors (Lipinski definition) is 2. The minimum Gasteiger partial charge on any atom is -0.491 e. The zero-order valence-corrected chi connectivity index (χ0v) is 17.8. The molecule has 0 saturated heterocycles. The number of nitrogens with zero attached hydrogens (tertiary/aromatic N) is 1. The number of hydrogen-bond acceptors (Lipinski definition) is 4. The first-order chi connectivity index (χ1) is 14.4. The van der Waals surface area contributed by atoms with Gasteiger partial charge in [-0.15, -0.1) is 0 Å². The predicted octanol–water partition coefficient (Wildman–Crippen LogP) is 3.59. The molecule has 2 heterocycles. The summed E-state index contributed by atoms with van der Waals surface area (Å²) in [5, 5.41) is 13.2. The Bertz CT molecular complexity index is 990. The van der Waals surface area contributed by atoms with Gasteiger partial charge < -0.3 is 20.1 Å². The van der Waals surface area contributed by atoms with E-state index in [1.54, 1.807) is 0 Å². The van der Waals surface area contributed by atoms with Crippen LogP contribution in [0.2, 0.25) is 5.02 Å². The third-order valence-electron chi connectivity index (χ3n) is 6.11. The van der Waals surface area contributed by atoms with E-state index in [0.717, 1.165) is 52.1 Å². The van der Waals surface area contributed by atoms with Gasteiger partial charge in [-0.25, -0.2) is 0 Å². The van der Waals surface area contributed by atoms with E-state index >= 15 is 0 Å². The Morgan fingerprint density at radius 1 is 1.37 bits per heavy atom. The van der Waals surface area contributed by atoms with Gasteiger partial charge in [0, 0.05) is 30.1 Å². The molecule has 0 saturated carbocycles. The fraction of sp³-hybridized carbons (Fsp3) is 0.391. The summed E-state index contributed by atoms with van der Waals surface area (Å²) in [6.45, 7) is 5.26. The van der Waals surface area contributed by atoms with Gasteiger partial charge in [-0.2, -0.15) is 0 Å². The summed E-state index contributed by atoms with van der Waals surface area (Å²) in [6.07, 6.45) is 2.15. The van der Waals surface area contributed by atoms with Gasteiger partial charge in [-0.3, -0.25) is 9.59 Å². The highest BCUT2D eigenvalue weighted by Crippen LogP contribution is 2.50. The number of amides is 1. The third-order valence-corrected chi connectivity index (χ3v) is 6.36. The van der Waals surface area contributed by atoms with Crippen LogP contribution in [0.4, 0.5) is 5.69 Å². The summed E-state index contributed by atoms with van der Waals surface area (Å²) < 4.78 is 6.20. The fourth-order valence-corrected chi connectivity index (χ4v) is 4.84. The number of carbonyl (C=O) groups is 2. The number of aliphatic carboxylic acids is 1. The van der Waals surface area contributed by atoms with E-state index in [1.807, 2.05) is 31.2 Å². The van der Waals surface area contributed by atoms with Crippen molar-refractivity contribution in [3.63, 3.8) is 0 Å². The molecule has 2 aromatic carbocycles. The topological polar surface area (TPSA) is 78.9 Å². The summed E-state index contributed by atoms with van der Waals surface area (Å²) in [6, 6.07) is 7.76. The molecule has 0 aromatic heterocycles. The SMILES string of the molecule is Cc1c(CC(=O)O)c(-c2ccc(Cl)cc2)c2c3c1OCC[C@H](NC=O)CN3C(C)C2. The van der Waals surface area contributed by atoms with E-state index in [-0.39, 0.29) is 18.5 Å². The second-order valence-corrected chi connectivity index (χ2v) is 8.47. The van der Waals surface area contributed by atoms with E-state index in [9.17, 15) is 14.7 Å². The molecule has 7 heteroatoms. The molecular formula is C23H25ClN2O4. The summed E-state index contributed by atoms with van der Waals surface area (Å²) in [5.74, 6) is -0.0997. The second-order valence-electron chi connectivity index (χ2n) is 8.04. The third kappa shape index (κ3) is 3.60. The number of carbonyl (C=O) groups excluding carboxylic acids is 1. The number of halogens is 1. The van der Waals surface area contributed by atoms with Crippen LogP contribution in [-0.4, -0.2) is 42.7 Å². The molecule has 2 aliphatic rings. The van der Waals surface area contributed by atoms with E-state index in [1.165, 1.54) is 0 Å². The summed E-state index contributed by atoms with van der Waals surface area (Å²) in [5.41, 5.74) is 5.70. The van der Waals surface area contributed by atoms with Crippen LogP contribution in [0, 0.1) is 6.92 Å². The lowest BCUT2D eigenvalue weighted by atomic mass is 9.87. The van der Waals surface area contributed by atoms with Crippen LogP contribution in [0.1, 0.15) is 30.0 Å². The lowest BCUT2D eigenvalue weighted by Crippen LogP contribution is -2.44. The van der Waals surface area contributed by atoms with Crippen LogP contribution < -0.4 is 15.0 Å². The Morgan fingerprint density at radius 3 is 2.77 bits per heavy atom. The monoisotopic (exact) mass is 428 g/mol. The molecule has 158 valence electrons. The number of rotatable bonds is 5. The number of ether oxygens (including phenoxy) is 1. The molecule has 0 fully saturated rings. The van der Waals surface area contributed by atoms with Crippen molar-refractivity contribution in [3.8, 4) is 16.9 Å². The van der Waals surface area contributed by atoms with Crippen LogP contribution in [0.25, 0.3) is 11.1 Å². The highest BCUT2D eigenvalue weighted by atomic mass is 35.5. The van der Waals surface area contributed by atoms with Crippen LogP contribution in [-0.2, 0) is 22.4 Å². The molecule has 0 spiro atoms. The maximum absolute atomic E-state index is 11.7. The number of anilines is 1. The average Bonchev–Trinajstić information content (AvgIpc) is 2.98. The summed E-state index contributed by atoms with van der Waals surface area (Å²) in [7, 11) is 0. The van der Waals surface area contributed by atoms with Crippen molar-refractivity contribution in [2.75, 3.05) is 18.1 Å². The van der Waals surface area contributed by atoms with Gasteiger partial charge in [0.2, 0.25) is 6.41 Å². The zero-order chi connectivity index (χ0) is 21.4. The minimum absolute atomic E-state index is 0.00188. The largest absolute Gasteiger partial charge is 0.491 e. The van der Waals surface area contributed by atoms with Crippen LogP contribution >= 0.6 is 11.6 Å². The number of nitrogens with one attached hydrogen (secondary N) is 1. The number of carboxylic acids is 1. The van der Waals surface area contributed by atoms with Gasteiger partial charge in [-0.05, 0) is 60.2 Å². The average molecular weight is 429 g/mol. The Kier molecular flexibility index (Phi) is 5.60. The van der Waals surface area contributed by atoms with Crippen molar-refractivity contribution in [2.24, 2.45) is 0 Å². The molecule has 1 unspecified atom stereocenters. The van der Waals surface area contributed by atoms with Gasteiger partial charge in [0.05, 0.1) is 18.7 Å². The summed E-state index contributed by atoms with van der Waals surface area (Å²) >= 11 is 6.10. The van der Waals surface area contributed by atoms with E-state index in [0.29, 0.717) is 24.6 Å². The van der Waals surface area contributed by atoms with Crippen molar-refractivity contribution in [2.45, 2.75) is 45.2 Å². The van der Waals surface area contributed by atoms with Gasteiger partial charge in [0.1, 0.15) is 5.75 Å². The first-order valence-electron chi connectivity index (χ1n) is 10.2. The molecule has 30 heavy (non-hydrogen) atoms. The second kappa shape index (κ2) is 8.19. The predicted molar refractivity (Wildman–Crippen MR) is 117 cm³/mol. The molecule has 0 aliphatic carbocycles. The number of carboxylic acid groups (broad SMARTS) is 1. The zero-order valence-electron chi connectivity index (χ0n) is 17.1. The standard InChI is InChI=1S/C23H25ClN2O4/c1-13-9-19-21(15-3-5-16(24)6-4-15)18(10-20(28)29)14(2)23-22(19)26(13)11-17(25-12-27)7-8-30-23/h3-6,12-13,17H,7-11H2,1-2H3,(H,25,27)(H,28,29)/t13?,17-/m0/s1. The quantitative estimate of drug-likeness (QED) is 0.711. The Morgan fingerprint density at radius 2 is 2.10 bits per heavy atom. The van der Waals surface area contributed by atoms with Gasteiger partial charge in [-0.1, -0.05) is 23.7 Å². The van der Waals surface area contributed by atoms with Gasteiger partial charge in [0.15, 0.2) is 0 Å². The molecule has 2 aliphatic heterocycles. The van der Waals surface area contributed by atoms with Gasteiger partial charge in [0.25, 0.3) is 0 Å². The Balaban J connectivity index is 1.95. The smallest absolute Gasteiger partial charge is 0.307 e. The molecule has 2 aromatic rings. The van der Waals surface area contributed by atoms with Crippen molar-refractivity contribution >= 4 is 29.7 Å². The lowest BCUT2D eigenvalue weighted by Gasteiger charge is -2.34. The van der Waals surface area contributed by atoms with E-state index < -0.39 is 5.97 Å². The van der Waals surface area contributed by atoms with Crippen LogP contribution in [0.5, 0.6) is 5.75 Å². The van der Waals surface area contributed by atoms with E-state index in [4.69, 9.17) is 16.3 Å². The molecule has 4 rings (SSSR count). The molecule has 1 amide bonds. The Labute approximate surface area is 180 Å². The molecular weight excluding hydrogens is 404 g/mol. The van der Waals surface area contributed by atoms with Crippen molar-refractivity contribution < 1.29 is 19.4 Å². The minimum atomic E-state index is -0.871. The molecule has 0 bridgehead atoms. The first-order valence-corrected chi connectivity index (χ1v) is 10.5. The highest BCUT2D eigenvalue weighted by Gasteiger charge is 2.37. The maximum atomic E-state index is 11.7. The molecule has 0 radical (unpaired) electrons. The molecule has 2 atom stereocenters. The van der Waals surface area contributed by atoms with E-state index in [2.05, 4.69) is 17.1 Å². The first kappa shape index (κ1) is 20.5. The van der Waals surface area contributed by atoms with Crippen LogP contribution in [0.15, 0.2) is 24.3 Å². The van der Waals surface area contributed by atoms with Crippen molar-refractivity contribution in [1.29, 1.82) is 0 Å². The Hall–Kier alpha value is -2.73. The van der Waals surface area contributed by atoms with Crippen molar-refractivity contribution in [1.82, 2.24) is 5.32 Å².